The zero-order valence-electron chi connectivity index (χ0n) is 8.57. The molecule has 0 aromatic carbocycles. The van der Waals surface area contributed by atoms with Crippen molar-refractivity contribution >= 4 is 11.6 Å². The van der Waals surface area contributed by atoms with E-state index in [0.717, 1.165) is 12.3 Å². The molecule has 0 rings (SSSR count). The van der Waals surface area contributed by atoms with Gasteiger partial charge in [-0.15, -0.1) is 18.2 Å². The molecule has 0 amide bonds. The van der Waals surface area contributed by atoms with E-state index in [-0.39, 0.29) is 0 Å². The maximum atomic E-state index is 5.98. The minimum absolute atomic E-state index is 0.296. The van der Waals surface area contributed by atoms with E-state index in [1.54, 1.807) is 0 Å². The highest BCUT2D eigenvalue weighted by molar-refractivity contribution is 6.18. The second kappa shape index (κ2) is 5.64. The molecule has 0 bridgehead atoms. The van der Waals surface area contributed by atoms with Gasteiger partial charge in [0.05, 0.1) is 0 Å². The zero-order valence-corrected chi connectivity index (χ0v) is 9.32. The largest absolute Gasteiger partial charge is 0.126 e. The molecule has 0 aliphatic carbocycles. The van der Waals surface area contributed by atoms with E-state index in [1.165, 1.54) is 12.8 Å². The summed E-state index contributed by atoms with van der Waals surface area (Å²) in [5.41, 5.74) is 0.296. The molecule has 0 nitrogen and oxygen atoms in total. The summed E-state index contributed by atoms with van der Waals surface area (Å²) >= 11 is 5.98. The molecular weight excluding hydrogens is 168 g/mol. The minimum atomic E-state index is 0.296. The third kappa shape index (κ3) is 3.18. The molecule has 72 valence electrons. The van der Waals surface area contributed by atoms with Gasteiger partial charge in [-0.1, -0.05) is 33.3 Å². The van der Waals surface area contributed by atoms with Crippen molar-refractivity contribution in [2.75, 3.05) is 5.88 Å². The van der Waals surface area contributed by atoms with E-state index in [0.29, 0.717) is 11.3 Å². The normalized spacial score (nSPS) is 18.3. The van der Waals surface area contributed by atoms with Gasteiger partial charge in [-0.25, -0.2) is 0 Å². The van der Waals surface area contributed by atoms with Crippen LogP contribution in [0.5, 0.6) is 0 Å². The quantitative estimate of drug-likeness (QED) is 0.432. The fourth-order valence-electron chi connectivity index (χ4n) is 1.55. The molecule has 0 fully saturated rings. The first-order chi connectivity index (χ1) is 5.60. The molecule has 1 heteroatoms. The Kier molecular flexibility index (Phi) is 5.65. The van der Waals surface area contributed by atoms with Crippen LogP contribution in [0.4, 0.5) is 0 Å². The van der Waals surface area contributed by atoms with Gasteiger partial charge >= 0.3 is 0 Å². The third-order valence-electron chi connectivity index (χ3n) is 2.84. The molecule has 0 aromatic heterocycles. The van der Waals surface area contributed by atoms with Gasteiger partial charge in [-0.3, -0.25) is 0 Å². The molecule has 0 aromatic rings. The van der Waals surface area contributed by atoms with Gasteiger partial charge < -0.3 is 0 Å². The first-order valence-corrected chi connectivity index (χ1v) is 5.31. The topological polar surface area (TPSA) is 0 Å². The highest BCUT2D eigenvalue weighted by Gasteiger charge is 2.28. The Morgan fingerprint density at radius 2 is 2.17 bits per heavy atom. The van der Waals surface area contributed by atoms with Gasteiger partial charge in [0.15, 0.2) is 0 Å². The van der Waals surface area contributed by atoms with Crippen LogP contribution in [0.15, 0.2) is 12.7 Å². The Morgan fingerprint density at radius 1 is 1.58 bits per heavy atom. The van der Waals surface area contributed by atoms with Gasteiger partial charge in [-0.05, 0) is 24.2 Å². The minimum Gasteiger partial charge on any atom is -0.126 e. The van der Waals surface area contributed by atoms with Crippen molar-refractivity contribution in [2.45, 2.75) is 40.0 Å². The zero-order chi connectivity index (χ0) is 9.61. The van der Waals surface area contributed by atoms with Crippen LogP contribution in [-0.4, -0.2) is 5.88 Å². The number of rotatable bonds is 6. The number of halogens is 1. The van der Waals surface area contributed by atoms with Crippen LogP contribution in [0.3, 0.4) is 0 Å². The van der Waals surface area contributed by atoms with Crippen molar-refractivity contribution in [1.29, 1.82) is 0 Å². The number of hydrogen-bond acceptors (Lipinski definition) is 0. The highest BCUT2D eigenvalue weighted by atomic mass is 35.5. The van der Waals surface area contributed by atoms with E-state index in [9.17, 15) is 0 Å². The lowest BCUT2D eigenvalue weighted by Gasteiger charge is -2.33. The van der Waals surface area contributed by atoms with Gasteiger partial charge in [0.1, 0.15) is 0 Å². The second-order valence-corrected chi connectivity index (χ2v) is 4.23. The van der Waals surface area contributed by atoms with E-state index in [2.05, 4.69) is 27.4 Å². The smallest absolute Gasteiger partial charge is 0.0280 e. The van der Waals surface area contributed by atoms with Gasteiger partial charge in [-0.2, -0.15) is 0 Å². The molecular formula is C11H21Cl. The van der Waals surface area contributed by atoms with Crippen LogP contribution in [0.1, 0.15) is 40.0 Å². The molecule has 0 radical (unpaired) electrons. The van der Waals surface area contributed by atoms with Crippen molar-refractivity contribution in [3.8, 4) is 0 Å². The fraction of sp³-hybridized carbons (Fsp3) is 0.818. The van der Waals surface area contributed by atoms with Crippen LogP contribution >= 0.6 is 11.6 Å². The van der Waals surface area contributed by atoms with E-state index in [4.69, 9.17) is 11.6 Å². The molecule has 12 heavy (non-hydrogen) atoms. The molecule has 2 unspecified atom stereocenters. The molecule has 0 aliphatic rings. The lowest BCUT2D eigenvalue weighted by Crippen LogP contribution is -2.26. The summed E-state index contributed by atoms with van der Waals surface area (Å²) < 4.78 is 0. The first-order valence-electron chi connectivity index (χ1n) is 4.77. The Hall–Kier alpha value is 0.0300. The molecule has 0 aliphatic heterocycles. The summed E-state index contributed by atoms with van der Waals surface area (Å²) in [5.74, 6) is 1.41. The van der Waals surface area contributed by atoms with E-state index < -0.39 is 0 Å². The fourth-order valence-corrected chi connectivity index (χ4v) is 1.95. The van der Waals surface area contributed by atoms with Crippen molar-refractivity contribution < 1.29 is 0 Å². The summed E-state index contributed by atoms with van der Waals surface area (Å²) in [6, 6.07) is 0. The monoisotopic (exact) mass is 188 g/mol. The lowest BCUT2D eigenvalue weighted by atomic mass is 9.75. The van der Waals surface area contributed by atoms with Crippen LogP contribution < -0.4 is 0 Å². The Morgan fingerprint density at radius 3 is 2.50 bits per heavy atom. The van der Waals surface area contributed by atoms with Gasteiger partial charge in [0.2, 0.25) is 0 Å². The summed E-state index contributed by atoms with van der Waals surface area (Å²) in [6.45, 7) is 10.5. The average molecular weight is 189 g/mol. The van der Waals surface area contributed by atoms with Crippen LogP contribution in [0, 0.1) is 11.3 Å². The van der Waals surface area contributed by atoms with Gasteiger partial charge in [0, 0.05) is 5.88 Å². The van der Waals surface area contributed by atoms with Crippen LogP contribution in [0.2, 0.25) is 0 Å². The molecule has 0 spiro atoms. The third-order valence-corrected chi connectivity index (χ3v) is 3.45. The number of hydrogen-bond donors (Lipinski definition) is 0. The summed E-state index contributed by atoms with van der Waals surface area (Å²) in [6.07, 6.45) is 5.49. The molecule has 0 saturated carbocycles. The van der Waals surface area contributed by atoms with Gasteiger partial charge in [0.25, 0.3) is 0 Å². The predicted molar refractivity (Wildman–Crippen MR) is 57.7 cm³/mol. The van der Waals surface area contributed by atoms with Crippen LogP contribution in [-0.2, 0) is 0 Å². The van der Waals surface area contributed by atoms with E-state index in [1.807, 2.05) is 6.08 Å². The predicted octanol–water partition coefficient (Wildman–Crippen LogP) is 4.24. The number of alkyl halides is 1. The summed E-state index contributed by atoms with van der Waals surface area (Å²) in [4.78, 5) is 0. The van der Waals surface area contributed by atoms with Crippen molar-refractivity contribution in [3.63, 3.8) is 0 Å². The standard InChI is InChI=1S/C11H21Cl/c1-5-7-10(3)11(4,9-12)8-6-2/h5,10H,1,6-9H2,2-4H3. The van der Waals surface area contributed by atoms with Crippen molar-refractivity contribution in [3.05, 3.63) is 12.7 Å². The molecule has 0 N–H and O–H groups in total. The number of allylic oxidation sites excluding steroid dienone is 1. The Balaban J connectivity index is 4.17. The van der Waals surface area contributed by atoms with E-state index >= 15 is 0 Å². The maximum Gasteiger partial charge on any atom is 0.0280 e. The Bertz CT molecular complexity index is 131. The molecule has 0 saturated heterocycles. The van der Waals surface area contributed by atoms with Crippen molar-refractivity contribution in [1.82, 2.24) is 0 Å². The maximum absolute atomic E-state index is 5.98. The first kappa shape index (κ1) is 12.0. The van der Waals surface area contributed by atoms with Crippen LogP contribution in [0.25, 0.3) is 0 Å². The average Bonchev–Trinajstić information content (AvgIpc) is 2.05. The second-order valence-electron chi connectivity index (χ2n) is 3.96. The summed E-state index contributed by atoms with van der Waals surface area (Å²) in [7, 11) is 0. The molecule has 0 heterocycles. The SMILES string of the molecule is C=CCC(C)C(C)(CCl)CCC. The summed E-state index contributed by atoms with van der Waals surface area (Å²) in [5, 5.41) is 0. The highest BCUT2D eigenvalue weighted by Crippen LogP contribution is 2.35. The molecule has 2 atom stereocenters. The van der Waals surface area contributed by atoms with Crippen molar-refractivity contribution in [2.24, 2.45) is 11.3 Å². The Labute approximate surface area is 82.0 Å². The lowest BCUT2D eigenvalue weighted by molar-refractivity contribution is 0.216.